The number of aromatic nitrogens is 4. The summed E-state index contributed by atoms with van der Waals surface area (Å²) in [6, 6.07) is 63.3. The minimum absolute atomic E-state index is 0.636. The van der Waals surface area contributed by atoms with E-state index in [1.165, 1.54) is 36.9 Å². The summed E-state index contributed by atoms with van der Waals surface area (Å²) < 4.78 is 1.18. The predicted octanol–water partition coefficient (Wildman–Crippen LogP) is 12.8. The third-order valence-corrected chi connectivity index (χ3v) is 11.0. The van der Waals surface area contributed by atoms with Gasteiger partial charge in [0.05, 0.1) is 15.9 Å². The maximum atomic E-state index is 5.27. The summed E-state index contributed by atoms with van der Waals surface area (Å²) in [5.41, 5.74) is 9.45. The molecule has 53 heavy (non-hydrogen) atoms. The van der Waals surface area contributed by atoms with Gasteiger partial charge in [0.25, 0.3) is 0 Å². The van der Waals surface area contributed by atoms with Crippen molar-refractivity contribution in [3.8, 4) is 67.0 Å². The first-order valence-corrected chi connectivity index (χ1v) is 18.5. The summed E-state index contributed by atoms with van der Waals surface area (Å²) in [5, 5.41) is 4.81. The Balaban J connectivity index is 1.19. The van der Waals surface area contributed by atoms with E-state index >= 15 is 0 Å². The molecule has 248 valence electrons. The Hall–Kier alpha value is -6.82. The molecule has 10 aromatic rings. The third kappa shape index (κ3) is 5.64. The number of hydrogen-bond acceptors (Lipinski definition) is 5. The van der Waals surface area contributed by atoms with Crippen molar-refractivity contribution in [2.24, 2.45) is 0 Å². The normalized spacial score (nSPS) is 11.4. The largest absolute Gasteiger partial charge is 0.246 e. The summed E-state index contributed by atoms with van der Waals surface area (Å²) in [6.45, 7) is 0. The van der Waals surface area contributed by atoms with Crippen LogP contribution in [-0.4, -0.2) is 19.9 Å². The third-order valence-electron chi connectivity index (χ3n) is 9.72. The minimum Gasteiger partial charge on any atom is -0.246 e. The second-order valence-electron chi connectivity index (χ2n) is 13.0. The molecule has 0 atom stereocenters. The molecule has 3 heterocycles. The Bertz CT molecular complexity index is 2860. The fourth-order valence-electron chi connectivity index (χ4n) is 7.13. The van der Waals surface area contributed by atoms with Crippen LogP contribution in [0.25, 0.3) is 98.7 Å². The van der Waals surface area contributed by atoms with E-state index < -0.39 is 0 Å². The van der Waals surface area contributed by atoms with Gasteiger partial charge in [0.2, 0.25) is 0 Å². The molecule has 0 spiro atoms. The van der Waals surface area contributed by atoms with E-state index in [-0.39, 0.29) is 0 Å². The predicted molar refractivity (Wildman–Crippen MR) is 221 cm³/mol. The van der Waals surface area contributed by atoms with Crippen LogP contribution in [0.4, 0.5) is 0 Å². The smallest absolute Gasteiger partial charge is 0.164 e. The van der Waals surface area contributed by atoms with Crippen molar-refractivity contribution in [1.29, 1.82) is 0 Å². The minimum atomic E-state index is 0.636. The highest BCUT2D eigenvalue weighted by Crippen LogP contribution is 2.50. The van der Waals surface area contributed by atoms with Crippen molar-refractivity contribution >= 4 is 43.1 Å². The molecular formula is C48H30N4S. The molecule has 0 amide bonds. The number of hydrogen-bond donors (Lipinski definition) is 0. The standard InChI is InChI=1S/C48H30N4S/c1-4-15-32(16-5-1)43-45-42(39-22-12-13-23-40(39)49-43)41(38-29-24-31-14-10-11-21-37(31)30-38)44(53-45)33-25-27-36(28-26-33)48-51-46(34-17-6-2-7-18-34)50-47(52-48)35-19-8-3-9-20-35/h1-30H. The van der Waals surface area contributed by atoms with Crippen LogP contribution in [-0.2, 0) is 0 Å². The van der Waals surface area contributed by atoms with E-state index in [4.69, 9.17) is 19.9 Å². The lowest BCUT2D eigenvalue weighted by Crippen LogP contribution is -2.00. The molecule has 0 unspecified atom stereocenters. The van der Waals surface area contributed by atoms with Crippen LogP contribution in [0.5, 0.6) is 0 Å². The summed E-state index contributed by atoms with van der Waals surface area (Å²) in [6.07, 6.45) is 0. The fourth-order valence-corrected chi connectivity index (χ4v) is 8.49. The monoisotopic (exact) mass is 694 g/mol. The summed E-state index contributed by atoms with van der Waals surface area (Å²) in [4.78, 5) is 21.3. The zero-order chi connectivity index (χ0) is 35.1. The Morgan fingerprint density at radius 2 is 0.849 bits per heavy atom. The Kier molecular flexibility index (Phi) is 7.63. The molecule has 0 saturated heterocycles. The maximum absolute atomic E-state index is 5.27. The highest BCUT2D eigenvalue weighted by Gasteiger charge is 2.23. The van der Waals surface area contributed by atoms with E-state index in [9.17, 15) is 0 Å². The quantitative estimate of drug-likeness (QED) is 0.174. The molecule has 0 aliphatic heterocycles. The average Bonchev–Trinajstić information content (AvgIpc) is 3.65. The van der Waals surface area contributed by atoms with Crippen molar-refractivity contribution in [2.45, 2.75) is 0 Å². The first kappa shape index (κ1) is 31.0. The van der Waals surface area contributed by atoms with Gasteiger partial charge in [-0.15, -0.1) is 11.3 Å². The van der Waals surface area contributed by atoms with Crippen LogP contribution < -0.4 is 0 Å². The van der Waals surface area contributed by atoms with E-state index in [0.717, 1.165) is 44.4 Å². The van der Waals surface area contributed by atoms with Crippen molar-refractivity contribution in [2.75, 3.05) is 0 Å². The van der Waals surface area contributed by atoms with Gasteiger partial charge < -0.3 is 0 Å². The molecule has 0 radical (unpaired) electrons. The van der Waals surface area contributed by atoms with Crippen LogP contribution in [0.2, 0.25) is 0 Å². The molecule has 0 N–H and O–H groups in total. The van der Waals surface area contributed by atoms with Crippen LogP contribution in [0.3, 0.4) is 0 Å². The number of pyridine rings is 1. The number of thiophene rings is 1. The lowest BCUT2D eigenvalue weighted by molar-refractivity contribution is 1.07. The van der Waals surface area contributed by atoms with Gasteiger partial charge in [-0.25, -0.2) is 19.9 Å². The first-order valence-electron chi connectivity index (χ1n) is 17.6. The van der Waals surface area contributed by atoms with Gasteiger partial charge >= 0.3 is 0 Å². The molecule has 4 nitrogen and oxygen atoms in total. The first-order chi connectivity index (χ1) is 26.3. The summed E-state index contributed by atoms with van der Waals surface area (Å²) in [7, 11) is 0. The molecule has 3 aromatic heterocycles. The number of para-hydroxylation sites is 1. The van der Waals surface area contributed by atoms with Gasteiger partial charge in [-0.2, -0.15) is 0 Å². The molecule has 0 aliphatic rings. The van der Waals surface area contributed by atoms with Gasteiger partial charge in [-0.05, 0) is 34.0 Å². The van der Waals surface area contributed by atoms with E-state index in [1.54, 1.807) is 0 Å². The zero-order valence-electron chi connectivity index (χ0n) is 28.5. The van der Waals surface area contributed by atoms with Gasteiger partial charge in [0, 0.05) is 43.5 Å². The molecule has 5 heteroatoms. The Labute approximate surface area is 310 Å². The summed E-state index contributed by atoms with van der Waals surface area (Å²) >= 11 is 1.81. The molecule has 7 aromatic carbocycles. The Morgan fingerprint density at radius 3 is 1.49 bits per heavy atom. The molecule has 0 saturated carbocycles. The number of rotatable bonds is 6. The maximum Gasteiger partial charge on any atom is 0.164 e. The molecule has 0 bridgehead atoms. The van der Waals surface area contributed by atoms with E-state index in [0.29, 0.717) is 17.5 Å². The Morgan fingerprint density at radius 1 is 0.358 bits per heavy atom. The molecule has 10 rings (SSSR count). The van der Waals surface area contributed by atoms with Crippen LogP contribution in [0, 0.1) is 0 Å². The highest BCUT2D eigenvalue weighted by atomic mass is 32.1. The van der Waals surface area contributed by atoms with Crippen molar-refractivity contribution in [3.05, 3.63) is 182 Å². The fraction of sp³-hybridized carbons (Fsp3) is 0. The van der Waals surface area contributed by atoms with Crippen LogP contribution in [0.1, 0.15) is 0 Å². The van der Waals surface area contributed by atoms with Gasteiger partial charge in [0.1, 0.15) is 0 Å². The zero-order valence-corrected chi connectivity index (χ0v) is 29.3. The van der Waals surface area contributed by atoms with Crippen molar-refractivity contribution in [1.82, 2.24) is 19.9 Å². The second kappa shape index (κ2) is 13.1. The van der Waals surface area contributed by atoms with Gasteiger partial charge in [-0.1, -0.05) is 170 Å². The SMILES string of the molecule is c1ccc(-c2nc(-c3ccccc3)nc(-c3ccc(-c4sc5c(-c6ccccc6)nc6ccccc6c5c4-c4ccc5ccccc5c4)cc3)n2)cc1. The topological polar surface area (TPSA) is 51.6 Å². The van der Waals surface area contributed by atoms with E-state index in [1.807, 2.05) is 72.0 Å². The summed E-state index contributed by atoms with van der Waals surface area (Å²) in [5.74, 6) is 1.93. The van der Waals surface area contributed by atoms with E-state index in [2.05, 4.69) is 121 Å². The van der Waals surface area contributed by atoms with Crippen LogP contribution in [0.15, 0.2) is 182 Å². The number of benzene rings is 7. The number of nitrogens with zero attached hydrogens (tertiary/aromatic N) is 4. The molecular weight excluding hydrogens is 665 g/mol. The highest BCUT2D eigenvalue weighted by molar-refractivity contribution is 7.23. The van der Waals surface area contributed by atoms with Crippen LogP contribution >= 0.6 is 11.3 Å². The lowest BCUT2D eigenvalue weighted by atomic mass is 9.94. The molecule has 0 fully saturated rings. The number of fused-ring (bicyclic) bond motifs is 4. The van der Waals surface area contributed by atoms with Crippen molar-refractivity contribution in [3.63, 3.8) is 0 Å². The van der Waals surface area contributed by atoms with Crippen molar-refractivity contribution < 1.29 is 0 Å². The second-order valence-corrected chi connectivity index (χ2v) is 14.1. The average molecular weight is 695 g/mol. The molecule has 0 aliphatic carbocycles. The lowest BCUT2D eigenvalue weighted by Gasteiger charge is -2.11. The van der Waals surface area contributed by atoms with Gasteiger partial charge in [-0.3, -0.25) is 0 Å². The van der Waals surface area contributed by atoms with Gasteiger partial charge in [0.15, 0.2) is 17.5 Å².